The third-order valence-corrected chi connectivity index (χ3v) is 4.39. The molecule has 0 aliphatic carbocycles. The molecule has 4 rings (SSSR count). The Morgan fingerprint density at radius 1 is 1.00 bits per heavy atom. The number of hydrogen-bond donors (Lipinski definition) is 2. The van der Waals surface area contributed by atoms with Gasteiger partial charge in [-0.3, -0.25) is 0 Å². The lowest BCUT2D eigenvalue weighted by molar-refractivity contribution is 0.307. The number of ether oxygens (including phenoxy) is 2. The molecule has 4 aromatic rings. The molecule has 0 aliphatic heterocycles. The molecule has 2 N–H and O–H groups in total. The molecule has 0 radical (unpaired) electrons. The van der Waals surface area contributed by atoms with Crippen LogP contribution in [0.1, 0.15) is 5.56 Å². The molecule has 7 nitrogen and oxygen atoms in total. The van der Waals surface area contributed by atoms with Gasteiger partial charge in [0.1, 0.15) is 30.2 Å². The lowest BCUT2D eigenvalue weighted by Gasteiger charge is -2.13. The molecule has 0 bridgehead atoms. The number of hydrogen-bond acceptors (Lipinski definition) is 6. The first-order valence-corrected chi connectivity index (χ1v) is 9.77. The van der Waals surface area contributed by atoms with Crippen LogP contribution in [0.4, 0.5) is 11.5 Å². The summed E-state index contributed by atoms with van der Waals surface area (Å²) in [6, 6.07) is 15.3. The smallest absolute Gasteiger partial charge is 0.226 e. The monoisotopic (exact) mass is 429 g/mol. The molecule has 9 heteroatoms. The van der Waals surface area contributed by atoms with Gasteiger partial charge < -0.3 is 19.8 Å². The Kier molecular flexibility index (Phi) is 5.97. The van der Waals surface area contributed by atoms with Gasteiger partial charge in [-0.25, -0.2) is 4.98 Å². The van der Waals surface area contributed by atoms with Crippen LogP contribution in [-0.4, -0.2) is 32.4 Å². The van der Waals surface area contributed by atoms with Gasteiger partial charge in [-0.2, -0.15) is 9.97 Å². The van der Waals surface area contributed by atoms with E-state index >= 15 is 0 Å². The molecule has 148 valence electrons. The van der Waals surface area contributed by atoms with Crippen LogP contribution in [0.5, 0.6) is 11.5 Å². The SMILES string of the molecule is ClCCOc1ccc(COc2ccccc2Nc2nc(Cl)nc3nc[nH]c23)cc1. The largest absolute Gasteiger partial charge is 0.492 e. The first-order valence-electron chi connectivity index (χ1n) is 8.86. The van der Waals surface area contributed by atoms with Crippen LogP contribution >= 0.6 is 23.2 Å². The highest BCUT2D eigenvalue weighted by atomic mass is 35.5. The van der Waals surface area contributed by atoms with Crippen LogP contribution < -0.4 is 14.8 Å². The van der Waals surface area contributed by atoms with E-state index in [1.54, 1.807) is 6.33 Å². The van der Waals surface area contributed by atoms with E-state index in [4.69, 9.17) is 32.7 Å². The molecule has 2 heterocycles. The van der Waals surface area contributed by atoms with Gasteiger partial charge in [0.25, 0.3) is 0 Å². The number of alkyl halides is 1. The second-order valence-corrected chi connectivity index (χ2v) is 6.75. The summed E-state index contributed by atoms with van der Waals surface area (Å²) in [5.74, 6) is 2.43. The standard InChI is InChI=1S/C20H17Cl2N5O2/c21-9-10-28-14-7-5-13(6-8-14)11-29-16-4-2-1-3-15(16)25-19-17-18(24-12-23-17)26-20(22)27-19/h1-8,12H,9-11H2,(H2,23,24,25,26,27). The Bertz CT molecular complexity index is 1100. The Morgan fingerprint density at radius 2 is 1.83 bits per heavy atom. The molecule has 0 fully saturated rings. The van der Waals surface area contributed by atoms with Gasteiger partial charge in [0.2, 0.25) is 5.28 Å². The van der Waals surface area contributed by atoms with Gasteiger partial charge in [0, 0.05) is 0 Å². The van der Waals surface area contributed by atoms with Crippen LogP contribution in [0, 0.1) is 0 Å². The van der Waals surface area contributed by atoms with E-state index < -0.39 is 0 Å². The van der Waals surface area contributed by atoms with Crippen molar-refractivity contribution in [3.8, 4) is 11.5 Å². The zero-order valence-electron chi connectivity index (χ0n) is 15.2. The third kappa shape index (κ3) is 4.70. The molecule has 2 aromatic carbocycles. The summed E-state index contributed by atoms with van der Waals surface area (Å²) in [6.07, 6.45) is 1.55. The predicted molar refractivity (Wildman–Crippen MR) is 113 cm³/mol. The Balaban J connectivity index is 1.49. The zero-order valence-corrected chi connectivity index (χ0v) is 16.7. The second kappa shape index (κ2) is 8.98. The van der Waals surface area contributed by atoms with Crippen molar-refractivity contribution in [1.29, 1.82) is 0 Å². The van der Waals surface area contributed by atoms with Crippen LogP contribution in [0.25, 0.3) is 11.2 Å². The van der Waals surface area contributed by atoms with Gasteiger partial charge >= 0.3 is 0 Å². The van der Waals surface area contributed by atoms with Gasteiger partial charge in [-0.15, -0.1) is 11.6 Å². The van der Waals surface area contributed by atoms with E-state index in [-0.39, 0.29) is 5.28 Å². The van der Waals surface area contributed by atoms with E-state index in [2.05, 4.69) is 25.3 Å². The third-order valence-electron chi connectivity index (χ3n) is 4.06. The van der Waals surface area contributed by atoms with Gasteiger partial charge in [0.15, 0.2) is 11.5 Å². The first-order chi connectivity index (χ1) is 14.2. The molecule has 0 amide bonds. The number of nitrogens with one attached hydrogen (secondary N) is 2. The summed E-state index contributed by atoms with van der Waals surface area (Å²) < 4.78 is 11.5. The molecule has 0 unspecified atom stereocenters. The number of para-hydroxylation sites is 2. The second-order valence-electron chi connectivity index (χ2n) is 6.03. The summed E-state index contributed by atoms with van der Waals surface area (Å²) in [5.41, 5.74) is 2.92. The van der Waals surface area contributed by atoms with Crippen molar-refractivity contribution in [2.75, 3.05) is 17.8 Å². The molecule has 0 spiro atoms. The number of H-pyrrole nitrogens is 1. The number of anilines is 2. The van der Waals surface area contributed by atoms with Crippen LogP contribution in [0.2, 0.25) is 5.28 Å². The molecule has 29 heavy (non-hydrogen) atoms. The minimum absolute atomic E-state index is 0.113. The van der Waals surface area contributed by atoms with Gasteiger partial charge in [0.05, 0.1) is 17.9 Å². The zero-order chi connectivity index (χ0) is 20.1. The maximum absolute atomic E-state index is 6.01. The van der Waals surface area contributed by atoms with Crippen molar-refractivity contribution in [3.05, 3.63) is 65.7 Å². The van der Waals surface area contributed by atoms with Gasteiger partial charge in [-0.05, 0) is 41.4 Å². The number of halogens is 2. The highest BCUT2D eigenvalue weighted by Gasteiger charge is 2.11. The Hall–Kier alpha value is -3.03. The minimum atomic E-state index is 0.113. The van der Waals surface area contributed by atoms with Crippen LogP contribution in [0.3, 0.4) is 0 Å². The molecular weight excluding hydrogens is 413 g/mol. The fourth-order valence-electron chi connectivity index (χ4n) is 2.72. The van der Waals surface area contributed by atoms with E-state index in [1.807, 2.05) is 48.5 Å². The summed E-state index contributed by atoms with van der Waals surface area (Å²) in [5, 5.41) is 3.36. The van der Waals surface area contributed by atoms with Crippen molar-refractivity contribution in [1.82, 2.24) is 19.9 Å². The Morgan fingerprint density at radius 3 is 2.66 bits per heavy atom. The first kappa shape index (κ1) is 19.3. The Labute approximate surface area is 177 Å². The number of imidazole rings is 1. The van der Waals surface area contributed by atoms with Crippen LogP contribution in [0.15, 0.2) is 54.9 Å². The molecule has 2 aromatic heterocycles. The fourth-order valence-corrected chi connectivity index (χ4v) is 2.96. The minimum Gasteiger partial charge on any atom is -0.492 e. The predicted octanol–water partition coefficient (Wildman–Crippen LogP) is 4.95. The highest BCUT2D eigenvalue weighted by molar-refractivity contribution is 6.28. The average Bonchev–Trinajstić information content (AvgIpc) is 3.21. The molecular formula is C20H17Cl2N5O2. The maximum atomic E-state index is 6.01. The lowest BCUT2D eigenvalue weighted by Crippen LogP contribution is -2.02. The summed E-state index contributed by atoms with van der Waals surface area (Å²) >= 11 is 11.6. The normalized spacial score (nSPS) is 10.8. The van der Waals surface area contributed by atoms with E-state index in [0.29, 0.717) is 41.8 Å². The van der Waals surface area contributed by atoms with E-state index in [9.17, 15) is 0 Å². The number of aromatic nitrogens is 4. The molecule has 0 aliphatic rings. The molecule has 0 saturated heterocycles. The lowest BCUT2D eigenvalue weighted by atomic mass is 10.2. The van der Waals surface area contributed by atoms with Gasteiger partial charge in [-0.1, -0.05) is 24.3 Å². The van der Waals surface area contributed by atoms with E-state index in [1.165, 1.54) is 0 Å². The fraction of sp³-hybridized carbons (Fsp3) is 0.150. The number of benzene rings is 2. The highest BCUT2D eigenvalue weighted by Crippen LogP contribution is 2.30. The van der Waals surface area contributed by atoms with Crippen molar-refractivity contribution < 1.29 is 9.47 Å². The summed E-state index contributed by atoms with van der Waals surface area (Å²) in [4.78, 5) is 15.5. The topological polar surface area (TPSA) is 84.9 Å². The number of nitrogens with zero attached hydrogens (tertiary/aromatic N) is 3. The van der Waals surface area contributed by atoms with Crippen molar-refractivity contribution >= 4 is 45.9 Å². The maximum Gasteiger partial charge on any atom is 0.226 e. The van der Waals surface area contributed by atoms with E-state index in [0.717, 1.165) is 17.0 Å². The number of fused-ring (bicyclic) bond motifs is 1. The summed E-state index contributed by atoms with van der Waals surface area (Å²) in [6.45, 7) is 0.881. The quantitative estimate of drug-likeness (QED) is 0.304. The van der Waals surface area contributed by atoms with Crippen LogP contribution in [-0.2, 0) is 6.61 Å². The number of rotatable bonds is 8. The number of aromatic amines is 1. The summed E-state index contributed by atoms with van der Waals surface area (Å²) in [7, 11) is 0. The van der Waals surface area contributed by atoms with Crippen molar-refractivity contribution in [3.63, 3.8) is 0 Å². The van der Waals surface area contributed by atoms with Crippen molar-refractivity contribution in [2.24, 2.45) is 0 Å². The molecule has 0 saturated carbocycles. The molecule has 0 atom stereocenters. The van der Waals surface area contributed by atoms with Crippen molar-refractivity contribution in [2.45, 2.75) is 6.61 Å². The average molecular weight is 430 g/mol.